The van der Waals surface area contributed by atoms with Crippen molar-refractivity contribution in [3.05, 3.63) is 39.6 Å². The Morgan fingerprint density at radius 2 is 2.25 bits per heavy atom. The Bertz CT molecular complexity index is 633. The predicted molar refractivity (Wildman–Crippen MR) is 76.7 cm³/mol. The maximum Gasteiger partial charge on any atom is 0.348 e. The van der Waals surface area contributed by atoms with E-state index in [0.29, 0.717) is 20.5 Å². The molecule has 0 radical (unpaired) electrons. The Morgan fingerprint density at radius 3 is 2.85 bits per heavy atom. The molecular weight excluding hydrogens is 302 g/mol. The van der Waals surface area contributed by atoms with Gasteiger partial charge in [0.2, 0.25) is 0 Å². The van der Waals surface area contributed by atoms with Gasteiger partial charge >= 0.3 is 5.97 Å². The number of nitrogens with one attached hydrogen (secondary N) is 1. The minimum atomic E-state index is -0.449. The molecule has 2 heterocycles. The quantitative estimate of drug-likeness (QED) is 0.873. The molecule has 2 aromatic rings. The van der Waals surface area contributed by atoms with E-state index < -0.39 is 11.9 Å². The largest absolute Gasteiger partial charge is 0.462 e. The first-order valence-electron chi connectivity index (χ1n) is 5.85. The second-order valence-corrected chi connectivity index (χ2v) is 5.25. The molecule has 20 heavy (non-hydrogen) atoms. The van der Waals surface area contributed by atoms with Gasteiger partial charge in [-0.1, -0.05) is 11.6 Å². The van der Waals surface area contributed by atoms with Gasteiger partial charge in [0.05, 0.1) is 17.9 Å². The van der Waals surface area contributed by atoms with Crippen molar-refractivity contribution < 1.29 is 18.7 Å². The highest BCUT2D eigenvalue weighted by Crippen LogP contribution is 2.37. The van der Waals surface area contributed by atoms with Gasteiger partial charge in [-0.05, 0) is 31.5 Å². The summed E-state index contributed by atoms with van der Waals surface area (Å²) in [5.41, 5.74) is 0.588. The van der Waals surface area contributed by atoms with Crippen molar-refractivity contribution in [1.29, 1.82) is 0 Å². The Labute approximate surface area is 124 Å². The van der Waals surface area contributed by atoms with E-state index in [9.17, 15) is 9.59 Å². The fraction of sp³-hybridized carbons (Fsp3) is 0.231. The number of ether oxygens (including phenoxy) is 1. The van der Waals surface area contributed by atoms with Crippen molar-refractivity contribution in [2.24, 2.45) is 0 Å². The molecule has 0 saturated heterocycles. The van der Waals surface area contributed by atoms with E-state index in [1.807, 2.05) is 0 Å². The first-order chi connectivity index (χ1) is 9.54. The van der Waals surface area contributed by atoms with E-state index in [2.05, 4.69) is 5.32 Å². The molecule has 5 nitrogen and oxygen atoms in total. The maximum absolute atomic E-state index is 11.9. The number of hydrogen-bond donors (Lipinski definition) is 1. The van der Waals surface area contributed by atoms with Crippen LogP contribution in [-0.4, -0.2) is 18.5 Å². The molecule has 0 atom stereocenters. The molecule has 0 spiro atoms. The molecule has 2 aromatic heterocycles. The molecule has 106 valence electrons. The predicted octanol–water partition coefficient (Wildman–Crippen LogP) is 3.73. The van der Waals surface area contributed by atoms with Crippen LogP contribution < -0.4 is 5.32 Å². The Morgan fingerprint density at radius 1 is 1.50 bits per heavy atom. The lowest BCUT2D eigenvalue weighted by Crippen LogP contribution is -2.09. The van der Waals surface area contributed by atoms with E-state index in [0.717, 1.165) is 11.3 Å². The third-order valence-electron chi connectivity index (χ3n) is 2.51. The van der Waals surface area contributed by atoms with Gasteiger partial charge in [-0.25, -0.2) is 4.79 Å². The number of furan rings is 1. The number of halogens is 1. The summed E-state index contributed by atoms with van der Waals surface area (Å²) in [6, 6.07) is 3.15. The number of carbonyl (C=O) groups is 2. The second kappa shape index (κ2) is 6.11. The Kier molecular flexibility index (Phi) is 4.46. The van der Waals surface area contributed by atoms with Gasteiger partial charge in [-0.3, -0.25) is 4.79 Å². The second-order valence-electron chi connectivity index (χ2n) is 3.85. The van der Waals surface area contributed by atoms with Crippen LogP contribution in [0.4, 0.5) is 5.00 Å². The van der Waals surface area contributed by atoms with Gasteiger partial charge in [-0.2, -0.15) is 0 Å². The van der Waals surface area contributed by atoms with Crippen LogP contribution >= 0.6 is 22.9 Å². The van der Waals surface area contributed by atoms with Crippen LogP contribution in [-0.2, 0) is 4.74 Å². The van der Waals surface area contributed by atoms with Crippen molar-refractivity contribution in [2.75, 3.05) is 11.9 Å². The van der Waals surface area contributed by atoms with Crippen LogP contribution in [0.2, 0.25) is 5.02 Å². The summed E-state index contributed by atoms with van der Waals surface area (Å²) in [6.07, 6.45) is 1.40. The minimum absolute atomic E-state index is 0.171. The minimum Gasteiger partial charge on any atom is -0.462 e. The molecule has 7 heteroatoms. The molecule has 0 aliphatic rings. The fourth-order valence-corrected chi connectivity index (χ4v) is 2.84. The molecule has 0 aliphatic carbocycles. The molecule has 0 saturated carbocycles. The van der Waals surface area contributed by atoms with Crippen molar-refractivity contribution in [2.45, 2.75) is 13.8 Å². The average Bonchev–Trinajstić information content (AvgIpc) is 3.03. The van der Waals surface area contributed by atoms with Crippen molar-refractivity contribution in [3.63, 3.8) is 0 Å². The third-order valence-corrected chi connectivity index (χ3v) is 4.28. The normalized spacial score (nSPS) is 10.3. The molecule has 1 amide bonds. The number of rotatable bonds is 4. The summed E-state index contributed by atoms with van der Waals surface area (Å²) in [4.78, 5) is 24.0. The fourth-order valence-electron chi connectivity index (χ4n) is 1.54. The average molecular weight is 314 g/mol. The van der Waals surface area contributed by atoms with Gasteiger partial charge in [0.25, 0.3) is 5.91 Å². The van der Waals surface area contributed by atoms with Crippen LogP contribution in [0.3, 0.4) is 0 Å². The zero-order valence-corrected chi connectivity index (χ0v) is 12.4. The first kappa shape index (κ1) is 14.6. The van der Waals surface area contributed by atoms with E-state index in [1.165, 1.54) is 12.3 Å². The smallest absolute Gasteiger partial charge is 0.348 e. The number of esters is 1. The summed E-state index contributed by atoms with van der Waals surface area (Å²) in [7, 11) is 0. The number of hydrogen-bond acceptors (Lipinski definition) is 5. The van der Waals surface area contributed by atoms with Gasteiger partial charge in [0.1, 0.15) is 9.88 Å². The zero-order chi connectivity index (χ0) is 14.7. The summed E-state index contributed by atoms with van der Waals surface area (Å²) in [5, 5.41) is 3.35. The van der Waals surface area contributed by atoms with Gasteiger partial charge in [0, 0.05) is 0 Å². The van der Waals surface area contributed by atoms with Crippen molar-refractivity contribution in [3.8, 4) is 0 Å². The van der Waals surface area contributed by atoms with E-state index >= 15 is 0 Å². The third kappa shape index (κ3) is 2.86. The Hall–Kier alpha value is -1.79. The number of anilines is 1. The molecule has 0 aliphatic heterocycles. The topological polar surface area (TPSA) is 68.5 Å². The highest BCUT2D eigenvalue weighted by atomic mass is 35.5. The monoisotopic (exact) mass is 313 g/mol. The lowest BCUT2D eigenvalue weighted by molar-refractivity contribution is 0.0531. The van der Waals surface area contributed by atoms with Crippen LogP contribution in [0, 0.1) is 6.92 Å². The van der Waals surface area contributed by atoms with Gasteiger partial charge in [-0.15, -0.1) is 11.3 Å². The van der Waals surface area contributed by atoms with Crippen LogP contribution in [0.25, 0.3) is 0 Å². The molecule has 2 rings (SSSR count). The molecule has 0 fully saturated rings. The molecular formula is C13H12ClNO4S. The van der Waals surface area contributed by atoms with Gasteiger partial charge < -0.3 is 14.5 Å². The highest BCUT2D eigenvalue weighted by molar-refractivity contribution is 7.19. The zero-order valence-electron chi connectivity index (χ0n) is 10.9. The maximum atomic E-state index is 11.9. The standard InChI is InChI=1S/C13H12ClNO4S/c1-3-18-13(17)10-7(2)9(14)12(20-10)15-11(16)8-5-4-6-19-8/h4-6H,3H2,1-2H3,(H,15,16). The van der Waals surface area contributed by atoms with E-state index in [1.54, 1.807) is 19.9 Å². The van der Waals surface area contributed by atoms with E-state index in [-0.39, 0.29) is 12.4 Å². The first-order valence-corrected chi connectivity index (χ1v) is 7.05. The van der Waals surface area contributed by atoms with Crippen molar-refractivity contribution >= 4 is 39.8 Å². The highest BCUT2D eigenvalue weighted by Gasteiger charge is 2.21. The van der Waals surface area contributed by atoms with E-state index in [4.69, 9.17) is 20.8 Å². The van der Waals surface area contributed by atoms with Crippen LogP contribution in [0.1, 0.15) is 32.7 Å². The summed E-state index contributed by atoms with van der Waals surface area (Å²) in [5.74, 6) is -0.700. The van der Waals surface area contributed by atoms with Crippen molar-refractivity contribution in [1.82, 2.24) is 0 Å². The molecule has 0 unspecified atom stereocenters. The molecule has 0 aromatic carbocycles. The number of amides is 1. The molecule has 0 bridgehead atoms. The summed E-state index contributed by atoms with van der Waals surface area (Å²) >= 11 is 7.20. The lowest BCUT2D eigenvalue weighted by Gasteiger charge is -2.00. The number of thiophene rings is 1. The SMILES string of the molecule is CCOC(=O)c1sc(NC(=O)c2ccco2)c(Cl)c1C. The van der Waals surface area contributed by atoms with Gasteiger partial charge in [0.15, 0.2) is 5.76 Å². The summed E-state index contributed by atoms with van der Waals surface area (Å²) in [6.45, 7) is 3.71. The lowest BCUT2D eigenvalue weighted by atomic mass is 10.3. The van der Waals surface area contributed by atoms with Crippen LogP contribution in [0.15, 0.2) is 22.8 Å². The number of carbonyl (C=O) groups excluding carboxylic acids is 2. The van der Waals surface area contributed by atoms with Crippen LogP contribution in [0.5, 0.6) is 0 Å². The Balaban J connectivity index is 2.23. The molecule has 1 N–H and O–H groups in total. The summed E-state index contributed by atoms with van der Waals surface area (Å²) < 4.78 is 9.92.